The third-order valence-corrected chi connectivity index (χ3v) is 6.20. The maximum absolute atomic E-state index is 10.3. The smallest absolute Gasteiger partial charge is 0.206 e. The van der Waals surface area contributed by atoms with Crippen LogP contribution < -0.4 is 0 Å². The first-order chi connectivity index (χ1) is 30.7. The number of benzene rings is 4. The zero-order chi connectivity index (χ0) is 48.8. The van der Waals surface area contributed by atoms with Crippen LogP contribution in [-0.4, -0.2) is 0 Å². The molecule has 9 nitrogen and oxygen atoms in total. The predicted molar refractivity (Wildman–Crippen MR) is 186 cm³/mol. The fourth-order valence-corrected chi connectivity index (χ4v) is 4.19. The first-order valence-electron chi connectivity index (χ1n) is 20.7. The Kier molecular flexibility index (Phi) is 5.20. The molecule has 1 aliphatic rings. The molecule has 0 N–H and O–H groups in total. The van der Waals surface area contributed by atoms with Gasteiger partial charge in [-0.2, -0.15) is 26.3 Å². The maximum atomic E-state index is 10.3. The Morgan fingerprint density at radius 1 is 0.460 bits per heavy atom. The third-order valence-electron chi connectivity index (χ3n) is 6.20. The van der Waals surface area contributed by atoms with Crippen molar-refractivity contribution in [3.05, 3.63) is 184 Å². The van der Waals surface area contributed by atoms with Crippen molar-refractivity contribution in [2.24, 2.45) is 0 Å². The molecule has 1 aliphatic carbocycles. The largest absolute Gasteiger partial charge is 0.239 e. The molecule has 0 unspecified atom stereocenters. The predicted octanol–water partition coefficient (Wildman–Crippen LogP) is 9.90. The van der Waals surface area contributed by atoms with Crippen LogP contribution >= 0.6 is 0 Å². The summed E-state index contributed by atoms with van der Waals surface area (Å²) in [6.07, 6.45) is 0. The first kappa shape index (κ1) is 18.4. The molecule has 224 valence electrons. The monoisotopic (exact) mass is 648 g/mol. The van der Waals surface area contributed by atoms with Crippen LogP contribution in [0.25, 0.3) is 43.6 Å². The minimum atomic E-state index is -1.21. The molecule has 1 saturated carbocycles. The van der Waals surface area contributed by atoms with Gasteiger partial charge in [0, 0.05) is 16.6 Å². The van der Waals surface area contributed by atoms with Gasteiger partial charge in [-0.3, -0.25) is 0 Å². The van der Waals surface area contributed by atoms with Gasteiger partial charge in [0.05, 0.1) is 88.4 Å². The Morgan fingerprint density at radius 3 is 1.30 bits per heavy atom. The normalized spacial score (nSPS) is 19.4. The highest BCUT2D eigenvalue weighted by Crippen LogP contribution is 2.49. The number of hydrogen-bond donors (Lipinski definition) is 0. The summed E-state index contributed by atoms with van der Waals surface area (Å²) in [4.78, 5) is 12.4. The quantitative estimate of drug-likeness (QED) is 0.203. The van der Waals surface area contributed by atoms with Crippen LogP contribution in [0.15, 0.2) is 88.8 Å². The van der Waals surface area contributed by atoms with Crippen molar-refractivity contribution >= 4 is 47.0 Å². The Hall–Kier alpha value is -8.75. The van der Waals surface area contributed by atoms with Crippen molar-refractivity contribution in [2.75, 3.05) is 0 Å². The van der Waals surface area contributed by atoms with Crippen LogP contribution in [0.5, 0.6) is 0 Å². The van der Waals surface area contributed by atoms with Gasteiger partial charge >= 0.3 is 0 Å². The van der Waals surface area contributed by atoms with E-state index < -0.39 is 186 Å². The molecule has 0 amide bonds. The van der Waals surface area contributed by atoms with Gasteiger partial charge in [-0.25, -0.2) is 19.4 Å². The van der Waals surface area contributed by atoms with E-state index in [0.29, 0.717) is 0 Å². The van der Waals surface area contributed by atoms with Gasteiger partial charge in [-0.1, -0.05) is 18.1 Å². The summed E-state index contributed by atoms with van der Waals surface area (Å²) in [5, 5.41) is 50.1. The van der Waals surface area contributed by atoms with Crippen molar-refractivity contribution in [1.82, 2.24) is 0 Å². The minimum Gasteiger partial charge on any atom is -0.239 e. The van der Waals surface area contributed by atoms with Crippen LogP contribution in [0.2, 0.25) is 0 Å². The molecule has 4 aromatic carbocycles. The summed E-state index contributed by atoms with van der Waals surface area (Å²) < 4.78 is 133. The number of nitriles is 5. The lowest BCUT2D eigenvalue weighted by molar-refractivity contribution is 1.29. The average Bonchev–Trinajstić information content (AvgIpc) is 3.24. The highest BCUT2D eigenvalue weighted by atomic mass is 14.7. The van der Waals surface area contributed by atoms with Gasteiger partial charge in [0.15, 0.2) is 17.1 Å². The van der Waals surface area contributed by atoms with E-state index in [4.69, 9.17) is 41.4 Å². The number of nitrogens with zero attached hydrogens (tertiary/aromatic N) is 9. The topological polar surface area (TPSA) is 136 Å². The fourth-order valence-electron chi connectivity index (χ4n) is 4.19. The standard InChI is InChI=1S/C41H15N9/c1-47-33-10-26(7-30(13-33)22-44)15-36-37(14-25-5-28(20-42)8-29(6-25)21-43)39(18-32-9-31(23-45)17-41(50-4)40(32)24-46)38(36)16-27-11-34(48-2)19-35(12-27)49-3/h5-19H/b36-15+,37-14-,38-16+,39-18-/i5D,6D,7D,8D,9D,10D,11D,12D,13D,14D,15D,16D,17D,18D,19D. The van der Waals surface area contributed by atoms with Gasteiger partial charge in [-0.15, -0.1) is 0 Å². The molecule has 0 saturated heterocycles. The molecule has 0 aliphatic heterocycles. The molecule has 0 heterocycles. The van der Waals surface area contributed by atoms with E-state index in [2.05, 4.69) is 19.4 Å². The molecular weight excluding hydrogens is 619 g/mol. The van der Waals surface area contributed by atoms with E-state index in [-0.39, 0.29) is 0 Å². The summed E-state index contributed by atoms with van der Waals surface area (Å²) in [5.41, 5.74) is -15.4. The second-order valence-electron chi connectivity index (χ2n) is 9.15. The molecule has 0 spiro atoms. The summed E-state index contributed by atoms with van der Waals surface area (Å²) >= 11 is 0. The zero-order valence-corrected chi connectivity index (χ0v) is 24.5. The molecule has 0 bridgehead atoms. The van der Waals surface area contributed by atoms with E-state index in [1.165, 1.54) is 24.3 Å². The molecule has 5 rings (SSSR count). The van der Waals surface area contributed by atoms with E-state index in [0.717, 1.165) is 0 Å². The molecule has 1 fully saturated rings. The Bertz CT molecular complexity index is 3290. The highest BCUT2D eigenvalue weighted by molar-refractivity contribution is 5.98. The van der Waals surface area contributed by atoms with Gasteiger partial charge in [0.25, 0.3) is 0 Å². The van der Waals surface area contributed by atoms with Crippen LogP contribution in [0.3, 0.4) is 0 Å². The van der Waals surface area contributed by atoms with Crippen LogP contribution in [0, 0.1) is 82.9 Å². The second-order valence-corrected chi connectivity index (χ2v) is 9.15. The van der Waals surface area contributed by atoms with Crippen LogP contribution in [0.4, 0.5) is 22.7 Å². The Labute approximate surface area is 308 Å². The Morgan fingerprint density at radius 2 is 0.860 bits per heavy atom. The zero-order valence-electron chi connectivity index (χ0n) is 39.5. The minimum absolute atomic E-state index is 0.859. The molecule has 4 aromatic rings. The number of allylic oxidation sites excluding steroid dienone is 4. The Balaban J connectivity index is 2.32. The molecular formula is C41H15N9. The molecule has 0 atom stereocenters. The summed E-state index contributed by atoms with van der Waals surface area (Å²) in [6, 6.07) is -8.15. The van der Waals surface area contributed by atoms with Crippen LogP contribution in [-0.2, 0) is 0 Å². The lowest BCUT2D eigenvalue weighted by Gasteiger charge is -2.32. The SMILES string of the molecule is [2H]/C(=C1/C(=C(\[2H])c2c([2H])c(C#N)c([2H])c([N+]#[C-])c2C#N)C(=C(\[2H])c2c([2H])c([N+]#[C-])c([2H])c([N+]#[C-])c2[2H])/C1=C(\[2H])c1c([2H])c(C#N)c([2H])c([N+]#[C-])c1[2H])c1c([2H])c(C#N)c([2H])c(C#N)c1[2H]. The summed E-state index contributed by atoms with van der Waals surface area (Å²) in [6.45, 7) is 30.6. The average molecular weight is 649 g/mol. The summed E-state index contributed by atoms with van der Waals surface area (Å²) in [7, 11) is 0. The number of rotatable bonds is 4. The van der Waals surface area contributed by atoms with Crippen molar-refractivity contribution < 1.29 is 20.6 Å². The fraction of sp³-hybridized carbons (Fsp3) is 0. The maximum Gasteiger partial charge on any atom is 0.206 e. The van der Waals surface area contributed by atoms with Crippen molar-refractivity contribution in [1.29, 1.82) is 26.3 Å². The van der Waals surface area contributed by atoms with E-state index in [9.17, 15) is 31.8 Å². The number of hydrogen-bond acceptors (Lipinski definition) is 5. The van der Waals surface area contributed by atoms with Gasteiger partial charge in [0.2, 0.25) is 5.69 Å². The third kappa shape index (κ3) is 6.60. The first-order valence-corrected chi connectivity index (χ1v) is 13.2. The van der Waals surface area contributed by atoms with Gasteiger partial charge < -0.3 is 0 Å². The van der Waals surface area contributed by atoms with Gasteiger partial charge in [-0.05, 0) is 117 Å². The second kappa shape index (κ2) is 14.1. The van der Waals surface area contributed by atoms with E-state index in [1.807, 2.05) is 0 Å². The van der Waals surface area contributed by atoms with Crippen molar-refractivity contribution in [3.63, 3.8) is 0 Å². The lowest BCUT2D eigenvalue weighted by Crippen LogP contribution is -2.13. The summed E-state index contributed by atoms with van der Waals surface area (Å²) in [5.74, 6) is 0. The highest BCUT2D eigenvalue weighted by Gasteiger charge is 2.31. The van der Waals surface area contributed by atoms with Crippen LogP contribution in [0.1, 0.15) is 70.6 Å². The molecule has 0 radical (unpaired) electrons. The van der Waals surface area contributed by atoms with Crippen molar-refractivity contribution in [3.8, 4) is 30.3 Å². The lowest BCUT2D eigenvalue weighted by atomic mass is 9.71. The van der Waals surface area contributed by atoms with E-state index >= 15 is 0 Å². The van der Waals surface area contributed by atoms with E-state index in [1.54, 1.807) is 6.07 Å². The van der Waals surface area contributed by atoms with Crippen molar-refractivity contribution in [2.45, 2.75) is 0 Å². The molecule has 9 heteroatoms. The molecule has 50 heavy (non-hydrogen) atoms. The molecule has 0 aromatic heterocycles. The van der Waals surface area contributed by atoms with Gasteiger partial charge in [0.1, 0.15) is 0 Å².